The third-order valence-electron chi connectivity index (χ3n) is 6.44. The zero-order valence-electron chi connectivity index (χ0n) is 18.3. The number of halogens is 1. The molecule has 0 saturated heterocycles. The first-order valence-corrected chi connectivity index (χ1v) is 11.0. The SMILES string of the molecule is Cc1c(C(=O)NCc2cn3c(n2)C(=O)N(CC2CC2)CC3)cc(-c2ccc(F)cc2)n1C. The van der Waals surface area contributed by atoms with Crippen LogP contribution in [0, 0.1) is 18.7 Å². The molecule has 1 N–H and O–H groups in total. The van der Waals surface area contributed by atoms with Crippen molar-refractivity contribution in [2.45, 2.75) is 32.9 Å². The fraction of sp³-hybridized carbons (Fsp3) is 0.375. The molecule has 5 rings (SSSR count). The zero-order chi connectivity index (χ0) is 22.4. The number of nitrogens with zero attached hydrogens (tertiary/aromatic N) is 4. The lowest BCUT2D eigenvalue weighted by molar-refractivity contribution is 0.0688. The van der Waals surface area contributed by atoms with Gasteiger partial charge in [-0.1, -0.05) is 0 Å². The molecule has 0 radical (unpaired) electrons. The van der Waals surface area contributed by atoms with E-state index in [4.69, 9.17) is 0 Å². The van der Waals surface area contributed by atoms with Gasteiger partial charge in [0.25, 0.3) is 11.8 Å². The van der Waals surface area contributed by atoms with Crippen LogP contribution in [0.2, 0.25) is 0 Å². The fourth-order valence-electron chi connectivity index (χ4n) is 4.25. The lowest BCUT2D eigenvalue weighted by Gasteiger charge is -2.27. The van der Waals surface area contributed by atoms with Gasteiger partial charge in [0.15, 0.2) is 5.82 Å². The topological polar surface area (TPSA) is 72.2 Å². The maximum atomic E-state index is 13.3. The van der Waals surface area contributed by atoms with E-state index in [1.165, 1.54) is 25.0 Å². The van der Waals surface area contributed by atoms with Crippen molar-refractivity contribution in [3.8, 4) is 11.3 Å². The summed E-state index contributed by atoms with van der Waals surface area (Å²) in [6.45, 7) is 4.38. The van der Waals surface area contributed by atoms with E-state index < -0.39 is 0 Å². The van der Waals surface area contributed by atoms with Gasteiger partial charge in [-0.2, -0.15) is 0 Å². The van der Waals surface area contributed by atoms with Crippen LogP contribution in [-0.2, 0) is 20.1 Å². The molecule has 0 bridgehead atoms. The minimum Gasteiger partial charge on any atom is -0.347 e. The van der Waals surface area contributed by atoms with Gasteiger partial charge in [0.05, 0.1) is 17.8 Å². The number of fused-ring (bicyclic) bond motifs is 1. The van der Waals surface area contributed by atoms with Crippen molar-refractivity contribution in [1.29, 1.82) is 0 Å². The van der Waals surface area contributed by atoms with Crippen LogP contribution in [0.3, 0.4) is 0 Å². The summed E-state index contributed by atoms with van der Waals surface area (Å²) in [4.78, 5) is 32.0. The molecular weight excluding hydrogens is 409 g/mol. The lowest BCUT2D eigenvalue weighted by Crippen LogP contribution is -2.41. The molecule has 1 saturated carbocycles. The standard InChI is InChI=1S/C24H26FN5O2/c1-15-20(11-21(28(15)2)17-5-7-18(25)8-6-17)23(31)26-12-19-14-29-9-10-30(13-16-3-4-16)24(32)22(29)27-19/h5-8,11,14,16H,3-4,9-10,12-13H2,1-2H3,(H,26,31). The number of nitrogens with one attached hydrogen (secondary N) is 1. The van der Waals surface area contributed by atoms with Crippen LogP contribution in [0.4, 0.5) is 4.39 Å². The van der Waals surface area contributed by atoms with Crippen LogP contribution in [-0.4, -0.2) is 43.9 Å². The predicted octanol–water partition coefficient (Wildman–Crippen LogP) is 3.13. The number of hydrogen-bond acceptors (Lipinski definition) is 3. The summed E-state index contributed by atoms with van der Waals surface area (Å²) in [7, 11) is 1.88. The van der Waals surface area contributed by atoms with Crippen LogP contribution >= 0.6 is 0 Å². The van der Waals surface area contributed by atoms with Crippen LogP contribution in [0.5, 0.6) is 0 Å². The first kappa shape index (κ1) is 20.5. The molecule has 1 aromatic carbocycles. The highest BCUT2D eigenvalue weighted by Crippen LogP contribution is 2.31. The molecule has 0 atom stereocenters. The quantitative estimate of drug-likeness (QED) is 0.647. The Kier molecular flexibility index (Phi) is 5.07. The van der Waals surface area contributed by atoms with Gasteiger partial charge in [-0.3, -0.25) is 9.59 Å². The molecule has 2 amide bonds. The molecule has 1 aliphatic carbocycles. The Morgan fingerprint density at radius 1 is 1.22 bits per heavy atom. The second-order valence-corrected chi connectivity index (χ2v) is 8.72. The van der Waals surface area contributed by atoms with Crippen molar-refractivity contribution in [3.63, 3.8) is 0 Å². The molecule has 3 aromatic rings. The molecular formula is C24H26FN5O2. The minimum atomic E-state index is -0.297. The highest BCUT2D eigenvalue weighted by atomic mass is 19.1. The monoisotopic (exact) mass is 435 g/mol. The Hall–Kier alpha value is -3.42. The van der Waals surface area contributed by atoms with Crippen molar-refractivity contribution in [2.75, 3.05) is 13.1 Å². The summed E-state index contributed by atoms with van der Waals surface area (Å²) in [6.07, 6.45) is 4.26. The van der Waals surface area contributed by atoms with E-state index in [1.54, 1.807) is 12.1 Å². The van der Waals surface area contributed by atoms with Gasteiger partial charge >= 0.3 is 0 Å². The second-order valence-electron chi connectivity index (χ2n) is 8.72. The Bertz CT molecular complexity index is 1190. The van der Waals surface area contributed by atoms with E-state index in [1.807, 2.05) is 40.3 Å². The number of hydrogen-bond donors (Lipinski definition) is 1. The highest BCUT2D eigenvalue weighted by molar-refractivity contribution is 5.97. The van der Waals surface area contributed by atoms with Gasteiger partial charge in [-0.05, 0) is 61.6 Å². The van der Waals surface area contributed by atoms with Gasteiger partial charge in [-0.25, -0.2) is 9.37 Å². The number of aromatic nitrogens is 3. The summed E-state index contributed by atoms with van der Waals surface area (Å²) in [5.74, 6) is 0.570. The molecule has 166 valence electrons. The molecule has 0 unspecified atom stereocenters. The summed E-state index contributed by atoms with van der Waals surface area (Å²) in [5.41, 5.74) is 3.72. The van der Waals surface area contributed by atoms with Crippen LogP contribution < -0.4 is 5.32 Å². The minimum absolute atomic E-state index is 0.0245. The van der Waals surface area contributed by atoms with E-state index in [0.29, 0.717) is 29.5 Å². The van der Waals surface area contributed by atoms with Gasteiger partial charge in [0, 0.05) is 44.3 Å². The number of carbonyl (C=O) groups is 2. The summed E-state index contributed by atoms with van der Waals surface area (Å²) >= 11 is 0. The van der Waals surface area contributed by atoms with Gasteiger partial charge in [0.2, 0.25) is 0 Å². The van der Waals surface area contributed by atoms with Crippen LogP contribution in [0.15, 0.2) is 36.5 Å². The molecule has 2 aliphatic rings. The normalized spacial score (nSPS) is 15.7. The van der Waals surface area contributed by atoms with Crippen molar-refractivity contribution >= 4 is 11.8 Å². The first-order valence-electron chi connectivity index (χ1n) is 11.0. The molecule has 1 aliphatic heterocycles. The van der Waals surface area contributed by atoms with Crippen molar-refractivity contribution < 1.29 is 14.0 Å². The molecule has 8 heteroatoms. The van der Waals surface area contributed by atoms with Gasteiger partial charge in [-0.15, -0.1) is 0 Å². The Balaban J connectivity index is 1.28. The van der Waals surface area contributed by atoms with Gasteiger partial charge < -0.3 is 19.4 Å². The predicted molar refractivity (Wildman–Crippen MR) is 118 cm³/mol. The van der Waals surface area contributed by atoms with E-state index in [0.717, 1.165) is 30.0 Å². The molecule has 2 aromatic heterocycles. The van der Waals surface area contributed by atoms with Crippen molar-refractivity contribution in [1.82, 2.24) is 24.3 Å². The van der Waals surface area contributed by atoms with Crippen molar-refractivity contribution in [3.05, 3.63) is 65.1 Å². The number of carbonyl (C=O) groups excluding carboxylic acids is 2. The van der Waals surface area contributed by atoms with E-state index in [2.05, 4.69) is 10.3 Å². The number of imidazole rings is 1. The Morgan fingerprint density at radius 2 is 1.97 bits per heavy atom. The summed E-state index contributed by atoms with van der Waals surface area (Å²) in [6, 6.07) is 8.03. The van der Waals surface area contributed by atoms with Crippen LogP contribution in [0.1, 0.15) is 45.2 Å². The fourth-order valence-corrected chi connectivity index (χ4v) is 4.25. The second kappa shape index (κ2) is 7.93. The third-order valence-corrected chi connectivity index (χ3v) is 6.44. The summed E-state index contributed by atoms with van der Waals surface area (Å²) in [5, 5.41) is 2.92. The molecule has 32 heavy (non-hydrogen) atoms. The highest BCUT2D eigenvalue weighted by Gasteiger charge is 2.32. The number of benzene rings is 1. The maximum Gasteiger partial charge on any atom is 0.289 e. The first-order chi connectivity index (χ1) is 15.4. The molecule has 0 spiro atoms. The Labute approximate surface area is 185 Å². The van der Waals surface area contributed by atoms with Crippen LogP contribution in [0.25, 0.3) is 11.3 Å². The molecule has 1 fully saturated rings. The third kappa shape index (κ3) is 3.81. The smallest absolute Gasteiger partial charge is 0.289 e. The molecule has 3 heterocycles. The average molecular weight is 436 g/mol. The number of amides is 2. The Morgan fingerprint density at radius 3 is 2.69 bits per heavy atom. The average Bonchev–Trinajstić information content (AvgIpc) is 3.42. The van der Waals surface area contributed by atoms with E-state index in [-0.39, 0.29) is 24.2 Å². The zero-order valence-corrected chi connectivity index (χ0v) is 18.3. The van der Waals surface area contributed by atoms with E-state index in [9.17, 15) is 14.0 Å². The summed E-state index contributed by atoms with van der Waals surface area (Å²) < 4.78 is 17.1. The van der Waals surface area contributed by atoms with Crippen molar-refractivity contribution in [2.24, 2.45) is 13.0 Å². The molecule has 7 nitrogen and oxygen atoms in total. The van der Waals surface area contributed by atoms with Gasteiger partial charge in [0.1, 0.15) is 5.82 Å². The van der Waals surface area contributed by atoms with E-state index >= 15 is 0 Å². The lowest BCUT2D eigenvalue weighted by atomic mass is 10.1. The number of rotatable bonds is 6. The largest absolute Gasteiger partial charge is 0.347 e. The maximum absolute atomic E-state index is 13.3.